The van der Waals surface area contributed by atoms with Crippen LogP contribution in [0.4, 0.5) is 5.69 Å². The van der Waals surface area contributed by atoms with Gasteiger partial charge in [-0.15, -0.1) is 0 Å². The van der Waals surface area contributed by atoms with Crippen LogP contribution in [0.2, 0.25) is 0 Å². The highest BCUT2D eigenvalue weighted by Gasteiger charge is 2.21. The Morgan fingerprint density at radius 3 is 2.58 bits per heavy atom. The number of nitrogens with two attached hydrogens (primary N) is 1. The minimum absolute atomic E-state index is 0.130. The molecule has 0 saturated heterocycles. The van der Waals surface area contributed by atoms with E-state index in [-0.39, 0.29) is 11.8 Å². The fourth-order valence-corrected chi connectivity index (χ4v) is 2.31. The molecule has 0 fully saturated rings. The van der Waals surface area contributed by atoms with E-state index in [0.29, 0.717) is 16.7 Å². The van der Waals surface area contributed by atoms with Gasteiger partial charge in [0.25, 0.3) is 0 Å². The normalized spacial score (nSPS) is 11.4. The Morgan fingerprint density at radius 1 is 1.37 bits per heavy atom. The summed E-state index contributed by atoms with van der Waals surface area (Å²) in [4.78, 5) is 27.1. The second-order valence-corrected chi connectivity index (χ2v) is 4.84. The van der Waals surface area contributed by atoms with Crippen molar-refractivity contribution in [2.45, 2.75) is 33.6 Å². The first kappa shape index (κ1) is 13.4. The van der Waals surface area contributed by atoms with Crippen LogP contribution in [0.3, 0.4) is 0 Å². The molecule has 5 heteroatoms. The van der Waals surface area contributed by atoms with Gasteiger partial charge in [0.1, 0.15) is 0 Å². The van der Waals surface area contributed by atoms with Crippen LogP contribution in [0.1, 0.15) is 37.0 Å². The maximum atomic E-state index is 12.4. The molecule has 0 saturated carbocycles. The maximum absolute atomic E-state index is 12.4. The molecule has 0 atom stereocenters. The first-order valence-electron chi connectivity index (χ1n) is 6.54. The first-order chi connectivity index (χ1) is 8.99. The summed E-state index contributed by atoms with van der Waals surface area (Å²) in [5.74, 6) is -0.278. The Bertz CT molecular complexity index is 678. The molecule has 0 aliphatic heterocycles. The molecule has 3 N–H and O–H groups in total. The van der Waals surface area contributed by atoms with Crippen molar-refractivity contribution in [3.05, 3.63) is 28.2 Å². The molecule has 5 nitrogen and oxygen atoms in total. The second kappa shape index (κ2) is 4.91. The third kappa shape index (κ3) is 2.16. The number of nitrogens with one attached hydrogen (secondary N) is 1. The van der Waals surface area contributed by atoms with Crippen LogP contribution in [0, 0.1) is 12.8 Å². The minimum atomic E-state index is -0.392. The van der Waals surface area contributed by atoms with Crippen LogP contribution < -0.4 is 11.4 Å². The Labute approximate surface area is 111 Å². The number of benzene rings is 1. The zero-order valence-electron chi connectivity index (χ0n) is 11.5. The summed E-state index contributed by atoms with van der Waals surface area (Å²) >= 11 is 0. The molecule has 0 aliphatic rings. The first-order valence-corrected chi connectivity index (χ1v) is 6.54. The molecule has 0 amide bonds. The van der Waals surface area contributed by atoms with Crippen molar-refractivity contribution in [2.75, 3.05) is 5.73 Å². The molecule has 0 bridgehead atoms. The molecule has 1 heterocycles. The van der Waals surface area contributed by atoms with E-state index in [4.69, 9.17) is 5.73 Å². The molecule has 0 radical (unpaired) electrons. The molecular formula is C14H19N3O2. The topological polar surface area (TPSA) is 80.9 Å². The van der Waals surface area contributed by atoms with E-state index in [1.54, 1.807) is 12.1 Å². The lowest BCUT2D eigenvalue weighted by atomic mass is 10.0. The Balaban J connectivity index is 2.66. The standard InChI is InChI=1S/C14H19N3O2/c1-4-9(5-2)13(18)17-12-6-8(3)10(15)7-11(12)16-14(17)19/h6-7,9H,4-5,15H2,1-3H3,(H,16,19). The number of aryl methyl sites for hydroxylation is 1. The summed E-state index contributed by atoms with van der Waals surface area (Å²) in [6.45, 7) is 5.77. The van der Waals surface area contributed by atoms with Crippen molar-refractivity contribution in [1.82, 2.24) is 9.55 Å². The Hall–Kier alpha value is -2.04. The molecule has 102 valence electrons. The van der Waals surface area contributed by atoms with Gasteiger partial charge in [0.2, 0.25) is 5.91 Å². The van der Waals surface area contributed by atoms with Gasteiger partial charge in [-0.1, -0.05) is 13.8 Å². The molecule has 0 spiro atoms. The number of hydrogen-bond acceptors (Lipinski definition) is 3. The van der Waals surface area contributed by atoms with E-state index in [1.807, 2.05) is 20.8 Å². The number of carbonyl (C=O) groups excluding carboxylic acids is 1. The zero-order valence-corrected chi connectivity index (χ0v) is 11.5. The van der Waals surface area contributed by atoms with Crippen LogP contribution in [-0.2, 0) is 0 Å². The van der Waals surface area contributed by atoms with E-state index in [9.17, 15) is 9.59 Å². The van der Waals surface area contributed by atoms with Gasteiger partial charge < -0.3 is 10.7 Å². The SMILES string of the molecule is CCC(CC)C(=O)n1c(=O)[nH]c2cc(N)c(C)cc21. The molecule has 19 heavy (non-hydrogen) atoms. The number of carbonyl (C=O) groups is 1. The summed E-state index contributed by atoms with van der Waals surface area (Å²) in [6, 6.07) is 3.48. The van der Waals surface area contributed by atoms with Gasteiger partial charge in [-0.2, -0.15) is 0 Å². The number of anilines is 1. The lowest BCUT2D eigenvalue weighted by Crippen LogP contribution is -2.29. The largest absolute Gasteiger partial charge is 0.398 e. The van der Waals surface area contributed by atoms with Gasteiger partial charge in [-0.25, -0.2) is 9.36 Å². The molecule has 0 unspecified atom stereocenters. The van der Waals surface area contributed by atoms with Crippen molar-refractivity contribution in [2.24, 2.45) is 5.92 Å². The molecule has 2 aromatic rings. The average molecular weight is 261 g/mol. The summed E-state index contributed by atoms with van der Waals surface area (Å²) in [6.07, 6.45) is 1.45. The number of aromatic amines is 1. The smallest absolute Gasteiger partial charge is 0.333 e. The molecule has 0 aliphatic carbocycles. The predicted octanol–water partition coefficient (Wildman–Crippen LogP) is 2.30. The number of aromatic nitrogens is 2. The van der Waals surface area contributed by atoms with E-state index in [0.717, 1.165) is 18.4 Å². The van der Waals surface area contributed by atoms with Crippen LogP contribution in [0.25, 0.3) is 11.0 Å². The Morgan fingerprint density at radius 2 is 2.00 bits per heavy atom. The third-order valence-corrected chi connectivity index (χ3v) is 3.63. The number of imidazole rings is 1. The van der Waals surface area contributed by atoms with Gasteiger partial charge in [-0.05, 0) is 37.5 Å². The highest BCUT2D eigenvalue weighted by atomic mass is 16.2. The van der Waals surface area contributed by atoms with Gasteiger partial charge in [0.05, 0.1) is 11.0 Å². The molecule has 1 aromatic carbocycles. The number of H-pyrrole nitrogens is 1. The van der Waals surface area contributed by atoms with Gasteiger partial charge in [-0.3, -0.25) is 4.79 Å². The number of nitrogens with zero attached hydrogens (tertiary/aromatic N) is 1. The summed E-state index contributed by atoms with van der Waals surface area (Å²) in [7, 11) is 0. The maximum Gasteiger partial charge on any atom is 0.333 e. The van der Waals surface area contributed by atoms with Crippen LogP contribution in [-0.4, -0.2) is 15.5 Å². The van der Waals surface area contributed by atoms with Crippen molar-refractivity contribution in [3.63, 3.8) is 0 Å². The monoisotopic (exact) mass is 261 g/mol. The third-order valence-electron chi connectivity index (χ3n) is 3.63. The van der Waals surface area contributed by atoms with E-state index in [1.165, 1.54) is 4.57 Å². The summed E-state index contributed by atoms with van der Waals surface area (Å²) in [5.41, 5.74) is 8.10. The lowest BCUT2D eigenvalue weighted by Gasteiger charge is -2.11. The van der Waals surface area contributed by atoms with Gasteiger partial charge in [0.15, 0.2) is 0 Å². The van der Waals surface area contributed by atoms with Crippen LogP contribution >= 0.6 is 0 Å². The van der Waals surface area contributed by atoms with E-state index < -0.39 is 5.69 Å². The number of nitrogen functional groups attached to an aromatic ring is 1. The van der Waals surface area contributed by atoms with Crippen molar-refractivity contribution >= 4 is 22.6 Å². The number of fused-ring (bicyclic) bond motifs is 1. The fraction of sp³-hybridized carbons (Fsp3) is 0.429. The lowest BCUT2D eigenvalue weighted by molar-refractivity contribution is 0.0828. The average Bonchev–Trinajstić information content (AvgIpc) is 2.66. The van der Waals surface area contributed by atoms with E-state index in [2.05, 4.69) is 4.98 Å². The molecule has 2 rings (SSSR count). The van der Waals surface area contributed by atoms with Crippen molar-refractivity contribution < 1.29 is 4.79 Å². The Kier molecular flexibility index (Phi) is 3.46. The number of rotatable bonds is 3. The van der Waals surface area contributed by atoms with Gasteiger partial charge >= 0.3 is 5.69 Å². The molecular weight excluding hydrogens is 242 g/mol. The van der Waals surface area contributed by atoms with Crippen LogP contribution in [0.5, 0.6) is 0 Å². The van der Waals surface area contributed by atoms with Crippen molar-refractivity contribution in [1.29, 1.82) is 0 Å². The van der Waals surface area contributed by atoms with Gasteiger partial charge in [0, 0.05) is 11.6 Å². The number of hydrogen-bond donors (Lipinski definition) is 2. The summed E-state index contributed by atoms with van der Waals surface area (Å²) < 4.78 is 1.24. The highest BCUT2D eigenvalue weighted by molar-refractivity contribution is 5.92. The predicted molar refractivity (Wildman–Crippen MR) is 76.4 cm³/mol. The van der Waals surface area contributed by atoms with Crippen molar-refractivity contribution in [3.8, 4) is 0 Å². The second-order valence-electron chi connectivity index (χ2n) is 4.84. The quantitative estimate of drug-likeness (QED) is 0.832. The minimum Gasteiger partial charge on any atom is -0.398 e. The van der Waals surface area contributed by atoms with Crippen LogP contribution in [0.15, 0.2) is 16.9 Å². The van der Waals surface area contributed by atoms with E-state index >= 15 is 0 Å². The highest BCUT2D eigenvalue weighted by Crippen LogP contribution is 2.20. The molecule has 1 aromatic heterocycles. The zero-order chi connectivity index (χ0) is 14.2. The summed E-state index contributed by atoms with van der Waals surface area (Å²) in [5, 5.41) is 0. The fourth-order valence-electron chi connectivity index (χ4n) is 2.31.